The van der Waals surface area contributed by atoms with Gasteiger partial charge in [-0.3, -0.25) is 0 Å². The maximum absolute atomic E-state index is 16.8. The lowest BCUT2D eigenvalue weighted by Crippen LogP contribution is -2.28. The lowest BCUT2D eigenvalue weighted by Gasteiger charge is -2.41. The maximum atomic E-state index is 16.8. The Morgan fingerprint density at radius 1 is 0.357 bits per heavy atom. The predicted octanol–water partition coefficient (Wildman–Crippen LogP) is 14.5. The van der Waals surface area contributed by atoms with Gasteiger partial charge in [0, 0.05) is 22.3 Å². The van der Waals surface area contributed by atoms with Crippen LogP contribution in [0.3, 0.4) is 0 Å². The number of benzene rings is 7. The molecule has 278 valence electrons. The van der Waals surface area contributed by atoms with E-state index in [9.17, 15) is 0 Å². The molecule has 7 aromatic carbocycles. The van der Waals surface area contributed by atoms with Crippen LogP contribution in [0.1, 0.15) is 11.1 Å². The summed E-state index contributed by atoms with van der Waals surface area (Å²) in [7, 11) is 0. The van der Waals surface area contributed by atoms with E-state index in [1.165, 1.54) is 97.1 Å². The first-order valence-corrected chi connectivity index (χ1v) is 17.1. The van der Waals surface area contributed by atoms with Crippen LogP contribution >= 0.6 is 0 Å². The van der Waals surface area contributed by atoms with E-state index in [1.807, 2.05) is 0 Å². The molecule has 2 aliphatic heterocycles. The van der Waals surface area contributed by atoms with Gasteiger partial charge in [-0.1, -0.05) is 84.9 Å². The number of hydrogen-bond donors (Lipinski definition) is 0. The zero-order chi connectivity index (χ0) is 38.9. The summed E-state index contributed by atoms with van der Waals surface area (Å²) in [6.45, 7) is 0. The van der Waals surface area contributed by atoms with E-state index in [0.29, 0.717) is 0 Å². The van der Waals surface area contributed by atoms with Gasteiger partial charge in [0.25, 0.3) is 0 Å². The first-order valence-electron chi connectivity index (χ1n) is 17.1. The average Bonchev–Trinajstić information content (AvgIpc) is 3.18. The van der Waals surface area contributed by atoms with Crippen LogP contribution in [0.2, 0.25) is 0 Å². The lowest BCUT2D eigenvalue weighted by atomic mass is 9.83. The predicted molar refractivity (Wildman–Crippen MR) is 197 cm³/mol. The van der Waals surface area contributed by atoms with Crippen molar-refractivity contribution in [2.24, 2.45) is 0 Å². The number of hydrogen-bond acceptors (Lipinski definition) is 4. The van der Waals surface area contributed by atoms with Crippen LogP contribution in [-0.4, -0.2) is 0 Å². The zero-order valence-corrected chi connectivity index (χ0v) is 28.6. The Kier molecular flexibility index (Phi) is 8.04. The van der Waals surface area contributed by atoms with Crippen LogP contribution in [0.25, 0.3) is 22.3 Å². The Bertz CT molecular complexity index is 2430. The molecule has 0 unspecified atom stereocenters. The first-order chi connectivity index (χ1) is 26.9. The van der Waals surface area contributed by atoms with Crippen molar-refractivity contribution in [1.82, 2.24) is 0 Å². The lowest BCUT2D eigenvalue weighted by molar-refractivity contribution is -0.139. The molecule has 0 radical (unpaired) electrons. The van der Waals surface area contributed by atoms with Gasteiger partial charge < -0.3 is 19.3 Å². The summed E-state index contributed by atoms with van der Waals surface area (Å²) in [5.41, 5.74) is -9.59. The molecule has 0 atom stereocenters. The molecule has 0 saturated carbocycles. The first kappa shape index (κ1) is 34.9. The summed E-state index contributed by atoms with van der Waals surface area (Å²) in [6.07, 6.45) is -11.0. The van der Waals surface area contributed by atoms with E-state index in [1.54, 1.807) is 24.3 Å². The maximum Gasteiger partial charge on any atom is 0.420 e. The molecule has 0 spiro atoms. The van der Waals surface area contributed by atoms with Crippen molar-refractivity contribution < 1.29 is 44.6 Å². The standard InChI is InChI=1S/C44H24F8N2O2/c45-27-15-3-1-13-25(27)37-39(43(47,48)49)38(26-14-2-4-16-28(26)46)42(54-31-19-7-11-23-35(31)56-36-24-12-8-20-32(36)54)40(44(50,51)52)41(37)53-29-17-5-9-21-33(29)55-34-22-10-6-18-30(34)53/h1-24H. The summed E-state index contributed by atoms with van der Waals surface area (Å²) in [5, 5.41) is 0. The third kappa shape index (κ3) is 5.51. The molecule has 0 aliphatic carbocycles. The van der Waals surface area contributed by atoms with Crippen molar-refractivity contribution in [2.75, 3.05) is 9.80 Å². The number of para-hydroxylation sites is 8. The smallest absolute Gasteiger partial charge is 0.420 e. The zero-order valence-electron chi connectivity index (χ0n) is 28.6. The molecule has 0 N–H and O–H groups in total. The molecular formula is C44H24F8N2O2. The molecular weight excluding hydrogens is 740 g/mol. The fourth-order valence-electron chi connectivity index (χ4n) is 7.47. The number of rotatable bonds is 4. The van der Waals surface area contributed by atoms with E-state index in [2.05, 4.69) is 0 Å². The molecule has 12 heteroatoms. The minimum atomic E-state index is -5.53. The van der Waals surface area contributed by atoms with E-state index < -0.39 is 68.7 Å². The number of alkyl halides is 6. The molecule has 7 aromatic rings. The van der Waals surface area contributed by atoms with Gasteiger partial charge in [-0.25, -0.2) is 8.78 Å². The van der Waals surface area contributed by atoms with Gasteiger partial charge in [0.15, 0.2) is 23.0 Å². The van der Waals surface area contributed by atoms with Crippen LogP contribution in [0.5, 0.6) is 23.0 Å². The molecule has 0 fully saturated rings. The summed E-state index contributed by atoms with van der Waals surface area (Å²) < 4.78 is 144. The molecule has 4 nitrogen and oxygen atoms in total. The molecule has 56 heavy (non-hydrogen) atoms. The number of anilines is 6. The summed E-state index contributed by atoms with van der Waals surface area (Å²) >= 11 is 0. The van der Waals surface area contributed by atoms with E-state index in [4.69, 9.17) is 9.47 Å². The average molecular weight is 765 g/mol. The monoisotopic (exact) mass is 764 g/mol. The van der Waals surface area contributed by atoms with Crippen LogP contribution in [0, 0.1) is 11.6 Å². The van der Waals surface area contributed by atoms with Gasteiger partial charge in [0.2, 0.25) is 0 Å². The molecule has 9 rings (SSSR count). The third-order valence-electron chi connectivity index (χ3n) is 9.61. The third-order valence-corrected chi connectivity index (χ3v) is 9.61. The Morgan fingerprint density at radius 2 is 0.643 bits per heavy atom. The fraction of sp³-hybridized carbons (Fsp3) is 0.0455. The van der Waals surface area contributed by atoms with Crippen molar-refractivity contribution in [3.63, 3.8) is 0 Å². The van der Waals surface area contributed by atoms with Crippen molar-refractivity contribution in [3.8, 4) is 45.3 Å². The molecule has 0 amide bonds. The van der Waals surface area contributed by atoms with Gasteiger partial charge in [0.05, 0.1) is 39.7 Å². The number of halogens is 8. The highest BCUT2D eigenvalue weighted by atomic mass is 19.4. The SMILES string of the molecule is Fc1ccccc1-c1c(N2c3ccccc3Oc3ccccc32)c(C(F)(F)F)c(N2c3ccccc3Oc3ccccc32)c(-c2ccccc2F)c1C(F)(F)F. The molecule has 0 aromatic heterocycles. The molecule has 2 aliphatic rings. The summed E-state index contributed by atoms with van der Waals surface area (Å²) in [5.74, 6) is -2.39. The highest BCUT2D eigenvalue weighted by molar-refractivity contribution is 6.07. The van der Waals surface area contributed by atoms with Crippen LogP contribution in [-0.2, 0) is 12.4 Å². The van der Waals surface area contributed by atoms with Gasteiger partial charge in [-0.15, -0.1) is 0 Å². The van der Waals surface area contributed by atoms with Crippen LogP contribution < -0.4 is 19.3 Å². The minimum Gasteiger partial charge on any atom is -0.453 e. The van der Waals surface area contributed by atoms with Crippen LogP contribution in [0.15, 0.2) is 146 Å². The molecule has 0 saturated heterocycles. The summed E-state index contributed by atoms with van der Waals surface area (Å²) in [4.78, 5) is 2.03. The van der Waals surface area contributed by atoms with Crippen molar-refractivity contribution in [1.29, 1.82) is 0 Å². The van der Waals surface area contributed by atoms with E-state index >= 15 is 35.1 Å². The highest BCUT2D eigenvalue weighted by Gasteiger charge is 2.51. The Morgan fingerprint density at radius 3 is 0.946 bits per heavy atom. The molecule has 2 heterocycles. The fourth-order valence-corrected chi connectivity index (χ4v) is 7.47. The number of nitrogens with zero attached hydrogens (tertiary/aromatic N) is 2. The Balaban J connectivity index is 1.61. The topological polar surface area (TPSA) is 24.9 Å². The van der Waals surface area contributed by atoms with Gasteiger partial charge in [0.1, 0.15) is 17.2 Å². The van der Waals surface area contributed by atoms with Crippen LogP contribution in [0.4, 0.5) is 69.2 Å². The quantitative estimate of drug-likeness (QED) is 0.167. The van der Waals surface area contributed by atoms with Gasteiger partial charge >= 0.3 is 12.4 Å². The number of fused-ring (bicyclic) bond motifs is 4. The number of ether oxygens (including phenoxy) is 2. The second-order valence-corrected chi connectivity index (χ2v) is 12.9. The van der Waals surface area contributed by atoms with Crippen molar-refractivity contribution in [2.45, 2.75) is 12.4 Å². The normalized spacial score (nSPS) is 13.2. The second-order valence-electron chi connectivity index (χ2n) is 12.9. The second kappa shape index (κ2) is 12.9. The van der Waals surface area contributed by atoms with E-state index in [-0.39, 0.29) is 45.7 Å². The van der Waals surface area contributed by atoms with E-state index in [0.717, 1.165) is 34.1 Å². The molecule has 0 bridgehead atoms. The van der Waals surface area contributed by atoms with Gasteiger partial charge in [-0.2, -0.15) is 26.3 Å². The summed E-state index contributed by atoms with van der Waals surface area (Å²) in [6, 6.07) is 32.2. The van der Waals surface area contributed by atoms with Crippen molar-refractivity contribution in [3.05, 3.63) is 168 Å². The largest absolute Gasteiger partial charge is 0.453 e. The Hall–Kier alpha value is -6.82. The Labute approximate surface area is 314 Å². The minimum absolute atomic E-state index is 0.0224. The van der Waals surface area contributed by atoms with Crippen molar-refractivity contribution >= 4 is 34.1 Å². The van der Waals surface area contributed by atoms with Gasteiger partial charge in [-0.05, 0) is 60.7 Å². The highest BCUT2D eigenvalue weighted by Crippen LogP contribution is 2.65.